The molecule has 2 fully saturated rings. The second kappa shape index (κ2) is 7.48. The number of likely N-dealkylation sites (tertiary alicyclic amines) is 1. The quantitative estimate of drug-likeness (QED) is 0.829. The van der Waals surface area contributed by atoms with Gasteiger partial charge in [0.05, 0.1) is 0 Å². The fraction of sp³-hybridized carbons (Fsp3) is 0.368. The van der Waals surface area contributed by atoms with E-state index in [1.807, 2.05) is 0 Å². The summed E-state index contributed by atoms with van der Waals surface area (Å²) in [7, 11) is 0. The van der Waals surface area contributed by atoms with Crippen LogP contribution in [-0.2, 0) is 9.59 Å². The van der Waals surface area contributed by atoms with E-state index in [-0.39, 0.29) is 23.6 Å². The minimum absolute atomic E-state index is 0.0348. The second-order valence-electron chi connectivity index (χ2n) is 6.82. The SMILES string of the molecule is O=C(Nc1ccc(C(=O)N2CCCC2C(=O)Nc2nccs2)cc1)C1CC1. The van der Waals surface area contributed by atoms with Crippen LogP contribution in [0.1, 0.15) is 36.0 Å². The molecular weight excluding hydrogens is 364 g/mol. The Hall–Kier alpha value is -2.74. The molecule has 140 valence electrons. The first-order chi connectivity index (χ1) is 13.1. The Morgan fingerprint density at radius 1 is 1.04 bits per heavy atom. The number of carbonyl (C=O) groups is 3. The molecular formula is C19H20N4O3S. The summed E-state index contributed by atoms with van der Waals surface area (Å²) in [5.41, 5.74) is 1.19. The molecule has 1 unspecified atom stereocenters. The van der Waals surface area contributed by atoms with Crippen LogP contribution in [0.3, 0.4) is 0 Å². The van der Waals surface area contributed by atoms with Gasteiger partial charge in [0.15, 0.2) is 5.13 Å². The molecule has 1 saturated heterocycles. The predicted molar refractivity (Wildman–Crippen MR) is 103 cm³/mol. The van der Waals surface area contributed by atoms with E-state index in [0.29, 0.717) is 29.3 Å². The van der Waals surface area contributed by atoms with Crippen molar-refractivity contribution >= 4 is 39.9 Å². The lowest BCUT2D eigenvalue weighted by atomic mass is 10.1. The fourth-order valence-electron chi connectivity index (χ4n) is 3.21. The average molecular weight is 384 g/mol. The van der Waals surface area contributed by atoms with E-state index in [9.17, 15) is 14.4 Å². The topological polar surface area (TPSA) is 91.4 Å². The van der Waals surface area contributed by atoms with E-state index < -0.39 is 6.04 Å². The number of amides is 3. The van der Waals surface area contributed by atoms with E-state index in [2.05, 4.69) is 15.6 Å². The number of nitrogens with one attached hydrogen (secondary N) is 2. The number of hydrogen-bond acceptors (Lipinski definition) is 5. The van der Waals surface area contributed by atoms with Crippen LogP contribution in [-0.4, -0.2) is 40.2 Å². The lowest BCUT2D eigenvalue weighted by molar-refractivity contribution is -0.120. The van der Waals surface area contributed by atoms with E-state index in [4.69, 9.17) is 0 Å². The summed E-state index contributed by atoms with van der Waals surface area (Å²) in [6.07, 6.45) is 4.95. The van der Waals surface area contributed by atoms with Gasteiger partial charge in [-0.25, -0.2) is 4.98 Å². The van der Waals surface area contributed by atoms with Crippen LogP contribution in [0.5, 0.6) is 0 Å². The van der Waals surface area contributed by atoms with E-state index in [0.717, 1.165) is 19.3 Å². The van der Waals surface area contributed by atoms with Gasteiger partial charge in [0.25, 0.3) is 5.91 Å². The van der Waals surface area contributed by atoms with Crippen molar-refractivity contribution in [1.29, 1.82) is 0 Å². The normalized spacial score (nSPS) is 19.0. The first-order valence-corrected chi connectivity index (χ1v) is 9.92. The molecule has 0 bridgehead atoms. The molecule has 1 aliphatic carbocycles. The standard InChI is InChI=1S/C19H20N4O3S/c24-16(12-3-4-12)21-14-7-5-13(6-8-14)18(26)23-10-1-2-15(23)17(25)22-19-20-9-11-27-19/h5-9,11-12,15H,1-4,10H2,(H,21,24)(H,20,22,25). The molecule has 1 atom stereocenters. The summed E-state index contributed by atoms with van der Waals surface area (Å²) >= 11 is 1.35. The van der Waals surface area contributed by atoms with Gasteiger partial charge in [0, 0.05) is 35.3 Å². The molecule has 1 aliphatic heterocycles. The molecule has 4 rings (SSSR count). The van der Waals surface area contributed by atoms with Crippen LogP contribution in [0.2, 0.25) is 0 Å². The predicted octanol–water partition coefficient (Wildman–Crippen LogP) is 2.73. The number of thiazole rings is 1. The monoisotopic (exact) mass is 384 g/mol. The van der Waals surface area contributed by atoms with Crippen LogP contribution in [0, 0.1) is 5.92 Å². The molecule has 3 amide bonds. The van der Waals surface area contributed by atoms with Gasteiger partial charge in [-0.05, 0) is 49.9 Å². The van der Waals surface area contributed by atoms with Crippen LogP contribution in [0.15, 0.2) is 35.8 Å². The third-order valence-corrected chi connectivity index (χ3v) is 5.51. The average Bonchev–Trinajstić information content (AvgIpc) is 3.19. The summed E-state index contributed by atoms with van der Waals surface area (Å²) in [6, 6.07) is 6.36. The van der Waals surface area contributed by atoms with Gasteiger partial charge in [-0.3, -0.25) is 14.4 Å². The fourth-order valence-corrected chi connectivity index (χ4v) is 3.74. The summed E-state index contributed by atoms with van der Waals surface area (Å²) in [6.45, 7) is 0.551. The maximum absolute atomic E-state index is 12.9. The first-order valence-electron chi connectivity index (χ1n) is 9.04. The van der Waals surface area contributed by atoms with Crippen molar-refractivity contribution in [2.75, 3.05) is 17.2 Å². The van der Waals surface area contributed by atoms with Crippen LogP contribution >= 0.6 is 11.3 Å². The number of hydrogen-bond donors (Lipinski definition) is 2. The third-order valence-electron chi connectivity index (χ3n) is 4.83. The lowest BCUT2D eigenvalue weighted by Gasteiger charge is -2.23. The number of anilines is 2. The number of benzene rings is 1. The number of rotatable bonds is 5. The molecule has 0 spiro atoms. The van der Waals surface area contributed by atoms with Crippen molar-refractivity contribution in [1.82, 2.24) is 9.88 Å². The van der Waals surface area contributed by atoms with Gasteiger partial charge in [0.2, 0.25) is 11.8 Å². The molecule has 0 radical (unpaired) electrons. The Balaban J connectivity index is 1.41. The highest BCUT2D eigenvalue weighted by Gasteiger charge is 2.35. The number of aromatic nitrogens is 1. The molecule has 27 heavy (non-hydrogen) atoms. The van der Waals surface area contributed by atoms with Crippen molar-refractivity contribution in [3.63, 3.8) is 0 Å². The van der Waals surface area contributed by atoms with E-state index in [1.165, 1.54) is 11.3 Å². The molecule has 2 aromatic rings. The highest BCUT2D eigenvalue weighted by molar-refractivity contribution is 7.13. The van der Waals surface area contributed by atoms with Crippen molar-refractivity contribution in [3.05, 3.63) is 41.4 Å². The summed E-state index contributed by atoms with van der Waals surface area (Å²) < 4.78 is 0. The van der Waals surface area contributed by atoms with Crippen LogP contribution in [0.4, 0.5) is 10.8 Å². The lowest BCUT2D eigenvalue weighted by Crippen LogP contribution is -2.43. The highest BCUT2D eigenvalue weighted by Crippen LogP contribution is 2.30. The van der Waals surface area contributed by atoms with E-state index in [1.54, 1.807) is 40.7 Å². The zero-order chi connectivity index (χ0) is 18.8. The molecule has 8 heteroatoms. The summed E-state index contributed by atoms with van der Waals surface area (Å²) in [4.78, 5) is 42.9. The van der Waals surface area contributed by atoms with Gasteiger partial charge in [0.1, 0.15) is 6.04 Å². The maximum atomic E-state index is 12.9. The maximum Gasteiger partial charge on any atom is 0.254 e. The van der Waals surface area contributed by atoms with E-state index >= 15 is 0 Å². The summed E-state index contributed by atoms with van der Waals surface area (Å²) in [5.74, 6) is -0.212. The minimum atomic E-state index is -0.490. The van der Waals surface area contributed by atoms with Gasteiger partial charge >= 0.3 is 0 Å². The Labute approximate surface area is 160 Å². The molecule has 1 saturated carbocycles. The van der Waals surface area contributed by atoms with Crippen LogP contribution < -0.4 is 10.6 Å². The Bertz CT molecular complexity index is 846. The van der Waals surface area contributed by atoms with Crippen molar-refractivity contribution in [3.8, 4) is 0 Å². The zero-order valence-electron chi connectivity index (χ0n) is 14.7. The Morgan fingerprint density at radius 2 is 1.81 bits per heavy atom. The largest absolute Gasteiger partial charge is 0.327 e. The second-order valence-corrected chi connectivity index (χ2v) is 7.72. The number of carbonyl (C=O) groups excluding carboxylic acids is 3. The Morgan fingerprint density at radius 3 is 2.48 bits per heavy atom. The van der Waals surface area contributed by atoms with Crippen molar-refractivity contribution < 1.29 is 14.4 Å². The zero-order valence-corrected chi connectivity index (χ0v) is 15.5. The van der Waals surface area contributed by atoms with Gasteiger partial charge in [-0.2, -0.15) is 0 Å². The smallest absolute Gasteiger partial charge is 0.254 e. The molecule has 2 aliphatic rings. The third kappa shape index (κ3) is 4.00. The first kappa shape index (κ1) is 17.7. The Kier molecular flexibility index (Phi) is 4.89. The summed E-state index contributed by atoms with van der Waals surface area (Å²) in [5, 5.41) is 7.96. The molecule has 2 heterocycles. The highest BCUT2D eigenvalue weighted by atomic mass is 32.1. The minimum Gasteiger partial charge on any atom is -0.327 e. The molecule has 1 aromatic carbocycles. The van der Waals surface area contributed by atoms with Gasteiger partial charge in [-0.1, -0.05) is 0 Å². The molecule has 2 N–H and O–H groups in total. The molecule has 7 nitrogen and oxygen atoms in total. The molecule has 1 aromatic heterocycles. The van der Waals surface area contributed by atoms with Crippen molar-refractivity contribution in [2.24, 2.45) is 5.92 Å². The van der Waals surface area contributed by atoms with Crippen LogP contribution in [0.25, 0.3) is 0 Å². The van der Waals surface area contributed by atoms with Gasteiger partial charge in [-0.15, -0.1) is 11.3 Å². The number of nitrogens with zero attached hydrogens (tertiary/aromatic N) is 2. The van der Waals surface area contributed by atoms with Gasteiger partial charge < -0.3 is 15.5 Å². The van der Waals surface area contributed by atoms with Crippen molar-refractivity contribution in [2.45, 2.75) is 31.7 Å².